The predicted octanol–water partition coefficient (Wildman–Crippen LogP) is 2.26. The molecule has 0 saturated carbocycles. The van der Waals surface area contributed by atoms with Gasteiger partial charge in [0.25, 0.3) is 0 Å². The fourth-order valence-corrected chi connectivity index (χ4v) is 3.47. The van der Waals surface area contributed by atoms with Crippen LogP contribution in [-0.4, -0.2) is 71.9 Å². The Morgan fingerprint density at radius 2 is 1.96 bits per heavy atom. The average molecular weight is 381 g/mol. The number of nitrogens with zero attached hydrogens (tertiary/aromatic N) is 5. The summed E-state index contributed by atoms with van der Waals surface area (Å²) in [4.78, 5) is 9.32. The maximum Gasteiger partial charge on any atom is 0.193 e. The molecule has 0 atom stereocenters. The van der Waals surface area contributed by atoms with Gasteiger partial charge >= 0.3 is 0 Å². The molecule has 0 spiro atoms. The third kappa shape index (κ3) is 6.23. The SMILES string of the molecule is CN=C(NCCCc1cnn(C)c1)N1CCN(CC=Cc2ccccc2)CC1. The standard InChI is InChI=1S/C22H32N6/c1-23-22(24-12-6-10-21-18-25-26(2)19-21)28-16-14-27(15-17-28)13-7-11-20-8-4-3-5-9-20/h3-5,7-9,11,18-19H,6,10,12-17H2,1-2H3,(H,23,24). The summed E-state index contributed by atoms with van der Waals surface area (Å²) in [6.45, 7) is 6.09. The van der Waals surface area contributed by atoms with Crippen molar-refractivity contribution in [2.45, 2.75) is 12.8 Å². The number of aryl methyl sites for hydroxylation is 2. The van der Waals surface area contributed by atoms with Crippen molar-refractivity contribution >= 4 is 12.0 Å². The van der Waals surface area contributed by atoms with Gasteiger partial charge in [0.05, 0.1) is 6.20 Å². The summed E-state index contributed by atoms with van der Waals surface area (Å²) in [6, 6.07) is 10.5. The zero-order chi connectivity index (χ0) is 19.6. The molecule has 0 radical (unpaired) electrons. The van der Waals surface area contributed by atoms with Gasteiger partial charge in [0.2, 0.25) is 0 Å². The molecule has 28 heavy (non-hydrogen) atoms. The van der Waals surface area contributed by atoms with Crippen molar-refractivity contribution in [3.8, 4) is 0 Å². The van der Waals surface area contributed by atoms with Crippen LogP contribution in [0.5, 0.6) is 0 Å². The lowest BCUT2D eigenvalue weighted by atomic mass is 10.2. The van der Waals surface area contributed by atoms with Crippen LogP contribution in [0.2, 0.25) is 0 Å². The maximum atomic E-state index is 4.47. The molecule has 2 heterocycles. The zero-order valence-electron chi connectivity index (χ0n) is 17.1. The van der Waals surface area contributed by atoms with Crippen LogP contribution in [0.25, 0.3) is 6.08 Å². The number of benzene rings is 1. The number of aliphatic imine (C=N–C) groups is 1. The summed E-state index contributed by atoms with van der Waals surface area (Å²) in [5.74, 6) is 1.02. The molecule has 0 unspecified atom stereocenters. The van der Waals surface area contributed by atoms with E-state index in [1.807, 2.05) is 25.0 Å². The van der Waals surface area contributed by atoms with Gasteiger partial charge in [0.15, 0.2) is 5.96 Å². The molecule has 3 rings (SSSR count). The van der Waals surface area contributed by atoms with E-state index in [9.17, 15) is 0 Å². The second-order valence-electron chi connectivity index (χ2n) is 7.20. The van der Waals surface area contributed by atoms with Crippen LogP contribution in [-0.2, 0) is 13.5 Å². The summed E-state index contributed by atoms with van der Waals surface area (Å²) in [6.07, 6.45) is 10.6. The van der Waals surface area contributed by atoms with Crippen LogP contribution in [0.15, 0.2) is 53.8 Å². The molecule has 0 bridgehead atoms. The first-order valence-corrected chi connectivity index (χ1v) is 10.1. The first-order valence-electron chi connectivity index (χ1n) is 10.1. The number of rotatable bonds is 7. The number of nitrogens with one attached hydrogen (secondary N) is 1. The highest BCUT2D eigenvalue weighted by atomic mass is 15.3. The van der Waals surface area contributed by atoms with Gasteiger partial charge < -0.3 is 10.2 Å². The number of guanidine groups is 1. The minimum atomic E-state index is 0.932. The van der Waals surface area contributed by atoms with E-state index in [4.69, 9.17) is 0 Å². The van der Waals surface area contributed by atoms with E-state index in [1.165, 1.54) is 11.1 Å². The molecule has 150 valence electrons. The number of hydrogen-bond acceptors (Lipinski definition) is 3. The van der Waals surface area contributed by atoms with E-state index in [0.717, 1.165) is 58.1 Å². The van der Waals surface area contributed by atoms with Gasteiger partial charge in [-0.3, -0.25) is 14.6 Å². The molecule has 6 heteroatoms. The Bertz CT molecular complexity index is 756. The van der Waals surface area contributed by atoms with Crippen molar-refractivity contribution < 1.29 is 0 Å². The molecule has 1 aromatic carbocycles. The van der Waals surface area contributed by atoms with Crippen molar-refractivity contribution in [2.24, 2.45) is 12.0 Å². The zero-order valence-corrected chi connectivity index (χ0v) is 17.1. The summed E-state index contributed by atoms with van der Waals surface area (Å²) in [7, 11) is 3.83. The first-order chi connectivity index (χ1) is 13.7. The van der Waals surface area contributed by atoms with Gasteiger partial charge in [-0.05, 0) is 24.0 Å². The highest BCUT2D eigenvalue weighted by Crippen LogP contribution is 2.05. The second-order valence-corrected chi connectivity index (χ2v) is 7.20. The number of aromatic nitrogens is 2. The molecule has 1 fully saturated rings. The van der Waals surface area contributed by atoms with E-state index in [-0.39, 0.29) is 0 Å². The van der Waals surface area contributed by atoms with Gasteiger partial charge in [0.1, 0.15) is 0 Å². The molecular formula is C22H32N6. The van der Waals surface area contributed by atoms with Crippen molar-refractivity contribution in [3.63, 3.8) is 0 Å². The van der Waals surface area contributed by atoms with Crippen molar-refractivity contribution in [3.05, 3.63) is 59.9 Å². The maximum absolute atomic E-state index is 4.47. The molecule has 1 aliphatic rings. The van der Waals surface area contributed by atoms with Crippen molar-refractivity contribution in [2.75, 3.05) is 46.3 Å². The molecule has 2 aromatic rings. The van der Waals surface area contributed by atoms with Crippen LogP contribution in [0, 0.1) is 0 Å². The topological polar surface area (TPSA) is 48.7 Å². The van der Waals surface area contributed by atoms with Gasteiger partial charge in [-0.1, -0.05) is 42.5 Å². The first kappa shape index (κ1) is 20.1. The lowest BCUT2D eigenvalue weighted by molar-refractivity contribution is 0.194. The summed E-state index contributed by atoms with van der Waals surface area (Å²) < 4.78 is 1.86. The Balaban J connectivity index is 1.35. The predicted molar refractivity (Wildman–Crippen MR) is 116 cm³/mol. The minimum Gasteiger partial charge on any atom is -0.356 e. The normalized spacial score (nSPS) is 16.1. The Kier molecular flexibility index (Phi) is 7.67. The Labute approximate surface area is 168 Å². The van der Waals surface area contributed by atoms with Crippen molar-refractivity contribution in [1.29, 1.82) is 0 Å². The van der Waals surface area contributed by atoms with E-state index < -0.39 is 0 Å². The van der Waals surface area contributed by atoms with Gasteiger partial charge in [-0.2, -0.15) is 5.10 Å². The van der Waals surface area contributed by atoms with Gasteiger partial charge in [-0.25, -0.2) is 0 Å². The summed E-state index contributed by atoms with van der Waals surface area (Å²) in [5, 5.41) is 7.73. The monoisotopic (exact) mass is 380 g/mol. The smallest absolute Gasteiger partial charge is 0.193 e. The molecule has 1 N–H and O–H groups in total. The van der Waals surface area contributed by atoms with Crippen LogP contribution in [0.4, 0.5) is 0 Å². The highest BCUT2D eigenvalue weighted by Gasteiger charge is 2.18. The molecule has 6 nitrogen and oxygen atoms in total. The largest absolute Gasteiger partial charge is 0.356 e. The van der Waals surface area contributed by atoms with Crippen LogP contribution >= 0.6 is 0 Å². The lowest BCUT2D eigenvalue weighted by Crippen LogP contribution is -2.52. The quantitative estimate of drug-likeness (QED) is 0.455. The van der Waals surface area contributed by atoms with E-state index in [1.54, 1.807) is 0 Å². The number of piperazine rings is 1. The Morgan fingerprint density at radius 1 is 1.18 bits per heavy atom. The van der Waals surface area contributed by atoms with E-state index in [0.29, 0.717) is 0 Å². The van der Waals surface area contributed by atoms with Crippen LogP contribution in [0.1, 0.15) is 17.5 Å². The van der Waals surface area contributed by atoms with E-state index in [2.05, 4.69) is 73.9 Å². The summed E-state index contributed by atoms with van der Waals surface area (Å²) >= 11 is 0. The molecule has 1 aliphatic heterocycles. The molecule has 0 amide bonds. The molecule has 1 saturated heterocycles. The average Bonchev–Trinajstić information content (AvgIpc) is 3.15. The Hall–Kier alpha value is -2.60. The second kappa shape index (κ2) is 10.7. The number of hydrogen-bond donors (Lipinski definition) is 1. The third-order valence-corrected chi connectivity index (χ3v) is 5.04. The molecule has 0 aliphatic carbocycles. The Morgan fingerprint density at radius 3 is 2.64 bits per heavy atom. The van der Waals surface area contributed by atoms with Gasteiger partial charge in [-0.15, -0.1) is 0 Å². The molecule has 1 aromatic heterocycles. The van der Waals surface area contributed by atoms with E-state index >= 15 is 0 Å². The molecular weight excluding hydrogens is 348 g/mol. The van der Waals surface area contributed by atoms with Crippen LogP contribution in [0.3, 0.4) is 0 Å². The lowest BCUT2D eigenvalue weighted by Gasteiger charge is -2.36. The van der Waals surface area contributed by atoms with Crippen molar-refractivity contribution in [1.82, 2.24) is 24.9 Å². The fraction of sp³-hybridized carbons (Fsp3) is 0.455. The van der Waals surface area contributed by atoms with Gasteiger partial charge in [0, 0.05) is 59.6 Å². The highest BCUT2D eigenvalue weighted by molar-refractivity contribution is 5.80. The van der Waals surface area contributed by atoms with Crippen LogP contribution < -0.4 is 5.32 Å². The fourth-order valence-electron chi connectivity index (χ4n) is 3.47. The third-order valence-electron chi connectivity index (χ3n) is 5.04. The summed E-state index contributed by atoms with van der Waals surface area (Å²) in [5.41, 5.74) is 2.55. The minimum absolute atomic E-state index is 0.932.